The smallest absolute Gasteiger partial charge is 0.0923 e. The van der Waals surface area contributed by atoms with Crippen molar-refractivity contribution in [1.82, 2.24) is 19.6 Å². The molecule has 2 aromatic heterocycles. The highest BCUT2D eigenvalue weighted by Gasteiger charge is 2.22. The van der Waals surface area contributed by atoms with E-state index < -0.39 is 0 Å². The van der Waals surface area contributed by atoms with E-state index in [0.29, 0.717) is 12.0 Å². The Morgan fingerprint density at radius 2 is 1.92 bits per heavy atom. The molecule has 1 saturated carbocycles. The molecule has 0 spiro atoms. The van der Waals surface area contributed by atoms with Crippen molar-refractivity contribution in [2.24, 2.45) is 18.7 Å². The Bertz CT molecular complexity index is 814. The van der Waals surface area contributed by atoms with Crippen LogP contribution in [0.5, 0.6) is 0 Å². The van der Waals surface area contributed by atoms with E-state index in [1.807, 2.05) is 24.1 Å². The van der Waals surface area contributed by atoms with Crippen LogP contribution in [0, 0.1) is 5.92 Å². The molecular formula is C18H24ClN5. The van der Waals surface area contributed by atoms with Gasteiger partial charge in [-0.1, -0.05) is 6.07 Å². The monoisotopic (exact) mass is 345 g/mol. The van der Waals surface area contributed by atoms with Crippen molar-refractivity contribution in [3.8, 4) is 11.1 Å². The van der Waals surface area contributed by atoms with Crippen LogP contribution in [-0.4, -0.2) is 26.1 Å². The second kappa shape index (κ2) is 6.95. The topological polar surface area (TPSA) is 61.7 Å². The lowest BCUT2D eigenvalue weighted by Gasteiger charge is -2.27. The summed E-state index contributed by atoms with van der Waals surface area (Å²) in [6.45, 7) is 0.822. The van der Waals surface area contributed by atoms with Crippen LogP contribution in [0.4, 0.5) is 0 Å². The molecule has 24 heavy (non-hydrogen) atoms. The predicted molar refractivity (Wildman–Crippen MR) is 99.2 cm³/mol. The van der Waals surface area contributed by atoms with E-state index in [-0.39, 0.29) is 12.4 Å². The first kappa shape index (κ1) is 17.0. The fourth-order valence-corrected chi connectivity index (χ4v) is 3.63. The van der Waals surface area contributed by atoms with E-state index >= 15 is 0 Å². The Morgan fingerprint density at radius 1 is 1.12 bits per heavy atom. The Hall–Kier alpha value is -1.85. The maximum atomic E-state index is 5.79. The van der Waals surface area contributed by atoms with Gasteiger partial charge in [-0.3, -0.25) is 9.36 Å². The molecule has 0 bridgehead atoms. The Balaban J connectivity index is 0.00000169. The van der Waals surface area contributed by atoms with Crippen molar-refractivity contribution in [2.45, 2.75) is 31.7 Å². The highest BCUT2D eigenvalue weighted by atomic mass is 35.5. The summed E-state index contributed by atoms with van der Waals surface area (Å²) in [5.41, 5.74) is 9.20. The van der Waals surface area contributed by atoms with Gasteiger partial charge >= 0.3 is 0 Å². The lowest BCUT2D eigenvalue weighted by atomic mass is 9.86. The van der Waals surface area contributed by atoms with E-state index in [0.717, 1.165) is 17.6 Å². The van der Waals surface area contributed by atoms with E-state index in [2.05, 4.69) is 34.2 Å². The molecule has 1 aromatic carbocycles. The fraction of sp³-hybridized carbons (Fsp3) is 0.444. The molecule has 6 heteroatoms. The zero-order valence-corrected chi connectivity index (χ0v) is 14.7. The second-order valence-corrected chi connectivity index (χ2v) is 6.70. The van der Waals surface area contributed by atoms with Crippen molar-refractivity contribution in [2.75, 3.05) is 6.54 Å². The molecule has 0 atom stereocenters. The van der Waals surface area contributed by atoms with Crippen LogP contribution in [0.15, 0.2) is 36.8 Å². The predicted octanol–water partition coefficient (Wildman–Crippen LogP) is 3.55. The number of fused-ring (bicyclic) bond motifs is 1. The third-order valence-corrected chi connectivity index (χ3v) is 5.08. The van der Waals surface area contributed by atoms with Crippen LogP contribution in [0.25, 0.3) is 22.0 Å². The van der Waals surface area contributed by atoms with Crippen LogP contribution >= 0.6 is 12.4 Å². The van der Waals surface area contributed by atoms with Gasteiger partial charge in [0, 0.05) is 30.4 Å². The quantitative estimate of drug-likeness (QED) is 0.789. The number of hydrogen-bond acceptors (Lipinski definition) is 3. The summed E-state index contributed by atoms with van der Waals surface area (Å²) in [6.07, 6.45) is 11.0. The van der Waals surface area contributed by atoms with Crippen LogP contribution in [-0.2, 0) is 7.05 Å². The Labute approximate surface area is 148 Å². The molecule has 2 heterocycles. The third-order valence-electron chi connectivity index (χ3n) is 5.08. The standard InChI is InChI=1S/C18H23N5.ClH/c1-22-11-16(10-20-22)14-4-7-18-15(8-14)12-23(21-18)17-5-2-13(9-19)3-6-17;/h4,7-8,10-13,17H,2-3,5-6,9,19H2,1H3;1H. The van der Waals surface area contributed by atoms with E-state index in [1.54, 1.807) is 0 Å². The maximum Gasteiger partial charge on any atom is 0.0923 e. The van der Waals surface area contributed by atoms with Crippen LogP contribution in [0.3, 0.4) is 0 Å². The average molecular weight is 346 g/mol. The number of nitrogens with two attached hydrogens (primary N) is 1. The van der Waals surface area contributed by atoms with E-state index in [4.69, 9.17) is 10.8 Å². The van der Waals surface area contributed by atoms with Gasteiger partial charge in [-0.25, -0.2) is 0 Å². The van der Waals surface area contributed by atoms with Gasteiger partial charge in [0.1, 0.15) is 0 Å². The minimum atomic E-state index is 0. The fourth-order valence-electron chi connectivity index (χ4n) is 3.63. The molecule has 1 fully saturated rings. The Morgan fingerprint density at radius 3 is 2.58 bits per heavy atom. The zero-order valence-electron chi connectivity index (χ0n) is 13.9. The van der Waals surface area contributed by atoms with Gasteiger partial charge in [-0.05, 0) is 55.8 Å². The van der Waals surface area contributed by atoms with Gasteiger partial charge in [0.15, 0.2) is 0 Å². The number of hydrogen-bond donors (Lipinski definition) is 1. The van der Waals surface area contributed by atoms with Crippen LogP contribution in [0.1, 0.15) is 31.7 Å². The number of aromatic nitrogens is 4. The summed E-state index contributed by atoms with van der Waals surface area (Å²) in [4.78, 5) is 0. The van der Waals surface area contributed by atoms with Crippen molar-refractivity contribution >= 4 is 23.3 Å². The summed E-state index contributed by atoms with van der Waals surface area (Å²) in [5.74, 6) is 0.702. The van der Waals surface area contributed by atoms with Gasteiger partial charge in [0.05, 0.1) is 17.8 Å². The van der Waals surface area contributed by atoms with E-state index in [1.165, 1.54) is 36.6 Å². The third kappa shape index (κ3) is 3.19. The van der Waals surface area contributed by atoms with Gasteiger partial charge in [-0.2, -0.15) is 10.2 Å². The molecule has 0 unspecified atom stereocenters. The minimum Gasteiger partial charge on any atom is -0.330 e. The van der Waals surface area contributed by atoms with Crippen molar-refractivity contribution in [1.29, 1.82) is 0 Å². The first-order chi connectivity index (χ1) is 11.2. The molecule has 2 N–H and O–H groups in total. The average Bonchev–Trinajstić information content (AvgIpc) is 3.20. The molecule has 3 aromatic rings. The number of rotatable bonds is 3. The number of nitrogens with zero attached hydrogens (tertiary/aromatic N) is 4. The maximum absolute atomic E-state index is 5.79. The summed E-state index contributed by atoms with van der Waals surface area (Å²) in [6, 6.07) is 6.97. The summed E-state index contributed by atoms with van der Waals surface area (Å²) in [5, 5.41) is 10.2. The molecule has 0 radical (unpaired) electrons. The number of aryl methyl sites for hydroxylation is 1. The van der Waals surface area contributed by atoms with Gasteiger partial charge in [-0.15, -0.1) is 12.4 Å². The van der Waals surface area contributed by atoms with Crippen molar-refractivity contribution in [3.63, 3.8) is 0 Å². The molecule has 0 aliphatic heterocycles. The highest BCUT2D eigenvalue weighted by Crippen LogP contribution is 2.32. The number of halogens is 1. The van der Waals surface area contributed by atoms with E-state index in [9.17, 15) is 0 Å². The summed E-state index contributed by atoms with van der Waals surface area (Å²) < 4.78 is 4.00. The summed E-state index contributed by atoms with van der Waals surface area (Å²) >= 11 is 0. The zero-order chi connectivity index (χ0) is 15.8. The summed E-state index contributed by atoms with van der Waals surface area (Å²) in [7, 11) is 1.94. The molecule has 128 valence electrons. The molecule has 0 saturated heterocycles. The largest absolute Gasteiger partial charge is 0.330 e. The first-order valence-electron chi connectivity index (χ1n) is 8.41. The molecule has 0 amide bonds. The minimum absolute atomic E-state index is 0. The molecule has 4 rings (SSSR count). The van der Waals surface area contributed by atoms with Gasteiger partial charge in [0.25, 0.3) is 0 Å². The number of benzene rings is 1. The van der Waals surface area contributed by atoms with Crippen LogP contribution in [0.2, 0.25) is 0 Å². The van der Waals surface area contributed by atoms with Crippen molar-refractivity contribution in [3.05, 3.63) is 36.8 Å². The first-order valence-corrected chi connectivity index (χ1v) is 8.41. The highest BCUT2D eigenvalue weighted by molar-refractivity contribution is 5.85. The molecule has 1 aliphatic rings. The molecule has 5 nitrogen and oxygen atoms in total. The van der Waals surface area contributed by atoms with Gasteiger partial charge in [0.2, 0.25) is 0 Å². The normalized spacial score (nSPS) is 20.9. The Kier molecular flexibility index (Phi) is 4.92. The van der Waals surface area contributed by atoms with Crippen LogP contribution < -0.4 is 5.73 Å². The molecule has 1 aliphatic carbocycles. The lowest BCUT2D eigenvalue weighted by molar-refractivity contribution is 0.266. The van der Waals surface area contributed by atoms with Gasteiger partial charge < -0.3 is 5.73 Å². The lowest BCUT2D eigenvalue weighted by Crippen LogP contribution is -2.23. The second-order valence-electron chi connectivity index (χ2n) is 6.70. The SMILES string of the molecule is Cl.Cn1cc(-c2ccc3nn(C4CCC(CN)CC4)cc3c2)cn1. The van der Waals surface area contributed by atoms with Crippen molar-refractivity contribution < 1.29 is 0 Å². The molecular weight excluding hydrogens is 322 g/mol.